The minimum absolute atomic E-state index is 0. The molecule has 7 heteroatoms. The average Bonchev–Trinajstić information content (AvgIpc) is 2.89. The predicted molar refractivity (Wildman–Crippen MR) is 114 cm³/mol. The van der Waals surface area contributed by atoms with Crippen LogP contribution in [0.4, 0.5) is 0 Å². The van der Waals surface area contributed by atoms with E-state index in [9.17, 15) is 0 Å². The highest BCUT2D eigenvalue weighted by atomic mass is 127. The molecule has 0 fully saturated rings. The fraction of sp³-hybridized carbons (Fsp3) is 0.500. The zero-order chi connectivity index (χ0) is 17.5. The van der Waals surface area contributed by atoms with E-state index in [2.05, 4.69) is 46.5 Å². The standard InChI is InChI=1S/C18H28N6.HI/c1-6-19-18(21-10-13(2)3)22-12-16-7-8-17(20-11-16)24-15(5)9-14(4)23-24;/h7-9,11,13H,6,10,12H2,1-5H3,(H2,19,21,22);1H. The third kappa shape index (κ3) is 6.64. The Bertz CT molecular complexity index is 675. The van der Waals surface area contributed by atoms with E-state index in [4.69, 9.17) is 0 Å². The zero-order valence-electron chi connectivity index (χ0n) is 15.7. The Morgan fingerprint density at radius 1 is 1.24 bits per heavy atom. The number of guanidine groups is 1. The van der Waals surface area contributed by atoms with E-state index in [1.54, 1.807) is 0 Å². The number of aliphatic imine (C=N–C) groups is 1. The van der Waals surface area contributed by atoms with E-state index in [1.807, 2.05) is 42.9 Å². The van der Waals surface area contributed by atoms with Gasteiger partial charge in [-0.1, -0.05) is 19.9 Å². The van der Waals surface area contributed by atoms with Gasteiger partial charge in [0, 0.05) is 25.0 Å². The lowest BCUT2D eigenvalue weighted by atomic mass is 10.2. The first kappa shape index (κ1) is 21.4. The largest absolute Gasteiger partial charge is 0.357 e. The van der Waals surface area contributed by atoms with Crippen LogP contribution in [0.25, 0.3) is 5.82 Å². The summed E-state index contributed by atoms with van der Waals surface area (Å²) in [6, 6.07) is 6.08. The Morgan fingerprint density at radius 2 is 2.00 bits per heavy atom. The molecule has 6 nitrogen and oxygen atoms in total. The van der Waals surface area contributed by atoms with Gasteiger partial charge >= 0.3 is 0 Å². The van der Waals surface area contributed by atoms with Crippen LogP contribution in [-0.2, 0) is 6.54 Å². The highest BCUT2D eigenvalue weighted by Crippen LogP contribution is 2.10. The molecule has 0 aromatic carbocycles. The van der Waals surface area contributed by atoms with Crippen molar-refractivity contribution >= 4 is 29.9 Å². The Hall–Kier alpha value is -1.64. The third-order valence-electron chi connectivity index (χ3n) is 3.48. The number of pyridine rings is 1. The molecule has 2 aromatic heterocycles. The van der Waals surface area contributed by atoms with Gasteiger partial charge in [-0.25, -0.2) is 14.7 Å². The van der Waals surface area contributed by atoms with Crippen LogP contribution in [0.1, 0.15) is 37.7 Å². The number of aromatic nitrogens is 3. The third-order valence-corrected chi connectivity index (χ3v) is 3.48. The summed E-state index contributed by atoms with van der Waals surface area (Å²) in [4.78, 5) is 9.12. The van der Waals surface area contributed by atoms with Crippen LogP contribution >= 0.6 is 24.0 Å². The van der Waals surface area contributed by atoms with Crippen LogP contribution in [0, 0.1) is 19.8 Å². The molecule has 2 N–H and O–H groups in total. The summed E-state index contributed by atoms with van der Waals surface area (Å²) in [6.45, 7) is 12.8. The van der Waals surface area contributed by atoms with Gasteiger partial charge in [-0.3, -0.25) is 0 Å². The number of aryl methyl sites for hydroxylation is 2. The van der Waals surface area contributed by atoms with Crippen molar-refractivity contribution in [3.05, 3.63) is 41.3 Å². The minimum Gasteiger partial charge on any atom is -0.357 e. The fourth-order valence-electron chi connectivity index (χ4n) is 2.31. The molecule has 0 radical (unpaired) electrons. The van der Waals surface area contributed by atoms with E-state index in [1.165, 1.54) is 0 Å². The van der Waals surface area contributed by atoms with Gasteiger partial charge in [0.2, 0.25) is 0 Å². The maximum absolute atomic E-state index is 4.61. The summed E-state index contributed by atoms with van der Waals surface area (Å²) in [5, 5.41) is 11.1. The molecule has 0 saturated heterocycles. The molecule has 2 aromatic rings. The molecule has 0 atom stereocenters. The van der Waals surface area contributed by atoms with Crippen LogP contribution < -0.4 is 10.6 Å². The Balaban J connectivity index is 0.00000312. The van der Waals surface area contributed by atoms with Crippen molar-refractivity contribution in [1.29, 1.82) is 0 Å². The minimum atomic E-state index is 0. The van der Waals surface area contributed by atoms with Gasteiger partial charge in [0.25, 0.3) is 0 Å². The molecule has 0 saturated carbocycles. The topological polar surface area (TPSA) is 67.1 Å². The Labute approximate surface area is 167 Å². The van der Waals surface area contributed by atoms with Crippen molar-refractivity contribution in [3.8, 4) is 5.82 Å². The van der Waals surface area contributed by atoms with Crippen molar-refractivity contribution in [2.45, 2.75) is 41.2 Å². The first-order chi connectivity index (χ1) is 11.5. The Kier molecular flexibility index (Phi) is 8.88. The zero-order valence-corrected chi connectivity index (χ0v) is 18.0. The average molecular weight is 456 g/mol. The number of nitrogens with one attached hydrogen (secondary N) is 2. The number of hydrogen-bond donors (Lipinski definition) is 2. The quantitative estimate of drug-likeness (QED) is 0.398. The van der Waals surface area contributed by atoms with Gasteiger partial charge in [-0.2, -0.15) is 5.10 Å². The summed E-state index contributed by atoms with van der Waals surface area (Å²) < 4.78 is 1.86. The highest BCUT2D eigenvalue weighted by Gasteiger charge is 2.05. The summed E-state index contributed by atoms with van der Waals surface area (Å²) in [5.41, 5.74) is 3.15. The number of halogens is 1. The van der Waals surface area contributed by atoms with E-state index >= 15 is 0 Å². The van der Waals surface area contributed by atoms with Crippen LogP contribution in [0.2, 0.25) is 0 Å². The molecule has 0 amide bonds. The molecule has 0 aliphatic carbocycles. The van der Waals surface area contributed by atoms with Gasteiger partial charge < -0.3 is 10.6 Å². The van der Waals surface area contributed by atoms with E-state index < -0.39 is 0 Å². The van der Waals surface area contributed by atoms with Crippen LogP contribution in [0.5, 0.6) is 0 Å². The van der Waals surface area contributed by atoms with Crippen molar-refractivity contribution in [1.82, 2.24) is 25.4 Å². The molecule has 25 heavy (non-hydrogen) atoms. The number of rotatable bonds is 6. The second-order valence-corrected chi connectivity index (χ2v) is 6.33. The van der Waals surface area contributed by atoms with Gasteiger partial charge in [-0.05, 0) is 44.4 Å². The number of hydrogen-bond acceptors (Lipinski definition) is 3. The highest BCUT2D eigenvalue weighted by molar-refractivity contribution is 14.0. The van der Waals surface area contributed by atoms with Crippen LogP contribution in [-0.4, -0.2) is 33.8 Å². The van der Waals surface area contributed by atoms with Gasteiger partial charge in [-0.15, -0.1) is 24.0 Å². The van der Waals surface area contributed by atoms with Crippen molar-refractivity contribution in [2.24, 2.45) is 10.9 Å². The fourth-order valence-corrected chi connectivity index (χ4v) is 2.31. The van der Waals surface area contributed by atoms with Crippen LogP contribution in [0.15, 0.2) is 29.4 Å². The second-order valence-electron chi connectivity index (χ2n) is 6.33. The van der Waals surface area contributed by atoms with Gasteiger partial charge in [0.1, 0.15) is 0 Å². The lowest BCUT2D eigenvalue weighted by Gasteiger charge is -2.13. The summed E-state index contributed by atoms with van der Waals surface area (Å²) in [7, 11) is 0. The maximum Gasteiger partial charge on any atom is 0.191 e. The van der Waals surface area contributed by atoms with Crippen LogP contribution in [0.3, 0.4) is 0 Å². The molecular formula is C18H29IN6. The van der Waals surface area contributed by atoms with Crippen molar-refractivity contribution in [3.63, 3.8) is 0 Å². The molecule has 0 unspecified atom stereocenters. The molecule has 0 bridgehead atoms. The molecule has 0 aliphatic heterocycles. The molecule has 2 rings (SSSR count). The second kappa shape index (κ2) is 10.4. The number of nitrogens with zero attached hydrogens (tertiary/aromatic N) is 4. The monoisotopic (exact) mass is 456 g/mol. The predicted octanol–water partition coefficient (Wildman–Crippen LogP) is 3.21. The van der Waals surface area contributed by atoms with Crippen molar-refractivity contribution in [2.75, 3.05) is 13.1 Å². The molecule has 2 heterocycles. The maximum atomic E-state index is 4.61. The molecule has 0 spiro atoms. The summed E-state index contributed by atoms with van der Waals surface area (Å²) in [6.07, 6.45) is 1.86. The molecular weight excluding hydrogens is 427 g/mol. The Morgan fingerprint density at radius 3 is 2.52 bits per heavy atom. The van der Waals surface area contributed by atoms with E-state index in [0.717, 1.165) is 41.8 Å². The van der Waals surface area contributed by atoms with E-state index in [0.29, 0.717) is 12.5 Å². The van der Waals surface area contributed by atoms with Gasteiger partial charge in [0.05, 0.1) is 12.2 Å². The summed E-state index contributed by atoms with van der Waals surface area (Å²) >= 11 is 0. The van der Waals surface area contributed by atoms with E-state index in [-0.39, 0.29) is 24.0 Å². The smallest absolute Gasteiger partial charge is 0.191 e. The molecule has 0 aliphatic rings. The SMILES string of the molecule is CCNC(=NCc1ccc(-n2nc(C)cc2C)nc1)NCC(C)C.I. The lowest BCUT2D eigenvalue weighted by molar-refractivity contribution is 0.615. The van der Waals surface area contributed by atoms with Crippen molar-refractivity contribution < 1.29 is 0 Å². The first-order valence-corrected chi connectivity index (χ1v) is 8.50. The normalized spacial score (nSPS) is 11.4. The summed E-state index contributed by atoms with van der Waals surface area (Å²) in [5.74, 6) is 2.25. The van der Waals surface area contributed by atoms with Gasteiger partial charge in [0.15, 0.2) is 11.8 Å². The molecule has 138 valence electrons. The first-order valence-electron chi connectivity index (χ1n) is 8.50. The lowest BCUT2D eigenvalue weighted by Crippen LogP contribution is -2.39.